The van der Waals surface area contributed by atoms with Gasteiger partial charge in [0.25, 0.3) is 5.69 Å². The van der Waals surface area contributed by atoms with Crippen molar-refractivity contribution in [3.8, 4) is 0 Å². The van der Waals surface area contributed by atoms with E-state index in [-0.39, 0.29) is 31.6 Å². The summed E-state index contributed by atoms with van der Waals surface area (Å²) in [5.74, 6) is -1.54. The van der Waals surface area contributed by atoms with Gasteiger partial charge in [-0.25, -0.2) is 0 Å². The number of non-ortho nitro benzene ring substituents is 1. The molecule has 1 heterocycles. The molecule has 0 radical (unpaired) electrons. The normalized spacial score (nSPS) is 17.4. The van der Waals surface area contributed by atoms with Crippen molar-refractivity contribution >= 4 is 11.4 Å². The van der Waals surface area contributed by atoms with Crippen LogP contribution >= 0.6 is 0 Å². The Bertz CT molecular complexity index is 591. The lowest BCUT2D eigenvalue weighted by Gasteiger charge is -2.35. The number of alkyl halides is 6. The van der Waals surface area contributed by atoms with Crippen LogP contribution in [0.25, 0.3) is 0 Å². The Morgan fingerprint density at radius 3 is 2.09 bits per heavy atom. The molecule has 0 spiro atoms. The van der Waals surface area contributed by atoms with Crippen molar-refractivity contribution in [3.63, 3.8) is 0 Å². The first-order valence-electron chi connectivity index (χ1n) is 6.67. The first-order chi connectivity index (χ1) is 10.5. The van der Waals surface area contributed by atoms with Crippen molar-refractivity contribution < 1.29 is 31.3 Å². The molecule has 0 unspecified atom stereocenters. The van der Waals surface area contributed by atoms with Gasteiger partial charge in [-0.2, -0.15) is 26.3 Å². The number of nitrogens with zero attached hydrogens (tertiary/aromatic N) is 2. The molecule has 23 heavy (non-hydrogen) atoms. The standard InChI is InChI=1S/C13H12F6N2O2/c14-12(15,16)8-3-5-20(6-4-8)11-2-1-9(21(22)23)7-10(11)13(17,18)19/h1-2,7-8H,3-6H2. The van der Waals surface area contributed by atoms with Crippen molar-refractivity contribution in [3.05, 3.63) is 33.9 Å². The number of rotatable bonds is 2. The van der Waals surface area contributed by atoms with E-state index in [4.69, 9.17) is 0 Å². The second-order valence-electron chi connectivity index (χ2n) is 5.26. The van der Waals surface area contributed by atoms with Gasteiger partial charge in [0.15, 0.2) is 0 Å². The molecule has 1 aromatic carbocycles. The Labute approximate surface area is 126 Å². The summed E-state index contributed by atoms with van der Waals surface area (Å²) in [5.41, 5.74) is -2.26. The smallest absolute Gasteiger partial charge is 0.371 e. The fourth-order valence-corrected chi connectivity index (χ4v) is 2.59. The molecule has 0 saturated carbocycles. The monoisotopic (exact) mass is 342 g/mol. The third-order valence-electron chi connectivity index (χ3n) is 3.79. The predicted octanol–water partition coefficient (Wildman–Crippen LogP) is 4.39. The predicted molar refractivity (Wildman–Crippen MR) is 69.1 cm³/mol. The van der Waals surface area contributed by atoms with Crippen molar-refractivity contribution in [1.82, 2.24) is 0 Å². The molecule has 0 atom stereocenters. The van der Waals surface area contributed by atoms with Crippen LogP contribution in [-0.2, 0) is 6.18 Å². The maximum atomic E-state index is 13.1. The number of hydrogen-bond acceptors (Lipinski definition) is 3. The highest BCUT2D eigenvalue weighted by Crippen LogP contribution is 2.41. The van der Waals surface area contributed by atoms with Crippen molar-refractivity contribution in [2.24, 2.45) is 5.92 Å². The minimum atomic E-state index is -4.83. The Balaban J connectivity index is 2.28. The zero-order valence-corrected chi connectivity index (χ0v) is 11.6. The van der Waals surface area contributed by atoms with E-state index < -0.39 is 34.4 Å². The van der Waals surface area contributed by atoms with Crippen molar-refractivity contribution in [1.29, 1.82) is 0 Å². The Morgan fingerprint density at radius 2 is 1.65 bits per heavy atom. The van der Waals surface area contributed by atoms with E-state index in [2.05, 4.69) is 0 Å². The van der Waals surface area contributed by atoms with Gasteiger partial charge in [0.1, 0.15) is 0 Å². The lowest BCUT2D eigenvalue weighted by atomic mass is 9.95. The zero-order chi connectivity index (χ0) is 17.4. The molecular formula is C13H12F6N2O2. The lowest BCUT2D eigenvalue weighted by Crippen LogP contribution is -2.39. The van der Waals surface area contributed by atoms with E-state index >= 15 is 0 Å². The Kier molecular flexibility index (Phi) is 4.45. The van der Waals surface area contributed by atoms with E-state index in [9.17, 15) is 36.5 Å². The highest BCUT2D eigenvalue weighted by Gasteiger charge is 2.42. The molecule has 0 N–H and O–H groups in total. The fourth-order valence-electron chi connectivity index (χ4n) is 2.59. The number of halogens is 6. The minimum absolute atomic E-state index is 0.189. The van der Waals surface area contributed by atoms with Gasteiger partial charge < -0.3 is 4.90 Å². The molecule has 128 valence electrons. The van der Waals surface area contributed by atoms with Crippen LogP contribution in [0, 0.1) is 16.0 Å². The molecule has 4 nitrogen and oxygen atoms in total. The first kappa shape index (κ1) is 17.4. The number of piperidine rings is 1. The summed E-state index contributed by atoms with van der Waals surface area (Å²) in [5, 5.41) is 10.6. The quantitative estimate of drug-likeness (QED) is 0.455. The summed E-state index contributed by atoms with van der Waals surface area (Å²) in [6, 6.07) is 2.26. The number of nitro benzene ring substituents is 1. The summed E-state index contributed by atoms with van der Waals surface area (Å²) in [7, 11) is 0. The number of anilines is 1. The molecule has 1 aromatic rings. The van der Waals surface area contributed by atoms with Gasteiger partial charge in [-0.15, -0.1) is 0 Å². The fraction of sp³-hybridized carbons (Fsp3) is 0.538. The van der Waals surface area contributed by atoms with Crippen LogP contribution in [0.5, 0.6) is 0 Å². The topological polar surface area (TPSA) is 46.4 Å². The summed E-state index contributed by atoms with van der Waals surface area (Å²) in [6.45, 7) is -0.379. The molecule has 1 aliphatic rings. The average Bonchev–Trinajstić information content (AvgIpc) is 2.45. The molecular weight excluding hydrogens is 330 g/mol. The average molecular weight is 342 g/mol. The van der Waals surface area contributed by atoms with Gasteiger partial charge in [0.05, 0.1) is 16.4 Å². The molecule has 0 aromatic heterocycles. The third-order valence-corrected chi connectivity index (χ3v) is 3.79. The van der Waals surface area contributed by atoms with Gasteiger partial charge in [0.2, 0.25) is 0 Å². The second kappa shape index (κ2) is 5.89. The maximum Gasteiger partial charge on any atom is 0.418 e. The number of hydrogen-bond donors (Lipinski definition) is 0. The maximum absolute atomic E-state index is 13.1. The van der Waals surface area contributed by atoms with Crippen LogP contribution in [0.15, 0.2) is 18.2 Å². The highest BCUT2D eigenvalue weighted by atomic mass is 19.4. The van der Waals surface area contributed by atoms with Gasteiger partial charge in [-0.3, -0.25) is 10.1 Å². The number of benzene rings is 1. The Hall–Kier alpha value is -2.00. The van der Waals surface area contributed by atoms with Crippen LogP contribution in [0.2, 0.25) is 0 Å². The second-order valence-corrected chi connectivity index (χ2v) is 5.26. The van der Waals surface area contributed by atoms with E-state index in [1.807, 2.05) is 0 Å². The van der Waals surface area contributed by atoms with E-state index in [0.29, 0.717) is 6.07 Å². The highest BCUT2D eigenvalue weighted by molar-refractivity contribution is 5.59. The van der Waals surface area contributed by atoms with Crippen LogP contribution in [-0.4, -0.2) is 24.2 Å². The van der Waals surface area contributed by atoms with Crippen LogP contribution in [0.3, 0.4) is 0 Å². The van der Waals surface area contributed by atoms with Gasteiger partial charge in [-0.1, -0.05) is 0 Å². The first-order valence-corrected chi connectivity index (χ1v) is 6.67. The zero-order valence-electron chi connectivity index (χ0n) is 11.6. The van der Waals surface area contributed by atoms with Crippen LogP contribution in [0.1, 0.15) is 18.4 Å². The van der Waals surface area contributed by atoms with Gasteiger partial charge in [-0.05, 0) is 18.9 Å². The molecule has 1 saturated heterocycles. The molecule has 1 fully saturated rings. The minimum Gasteiger partial charge on any atom is -0.371 e. The number of nitro groups is 1. The summed E-state index contributed by atoms with van der Waals surface area (Å²) in [6.07, 6.45) is -9.81. The Morgan fingerprint density at radius 1 is 1.09 bits per heavy atom. The molecule has 0 amide bonds. The lowest BCUT2D eigenvalue weighted by molar-refractivity contribution is -0.385. The van der Waals surface area contributed by atoms with Crippen LogP contribution < -0.4 is 4.90 Å². The molecule has 0 aliphatic carbocycles. The van der Waals surface area contributed by atoms with Gasteiger partial charge in [0, 0.05) is 30.9 Å². The molecule has 0 bridgehead atoms. The summed E-state index contributed by atoms with van der Waals surface area (Å²) < 4.78 is 77.1. The van der Waals surface area contributed by atoms with E-state index in [0.717, 1.165) is 12.1 Å². The van der Waals surface area contributed by atoms with E-state index in [1.165, 1.54) is 4.90 Å². The van der Waals surface area contributed by atoms with Crippen LogP contribution in [0.4, 0.5) is 37.7 Å². The molecule has 10 heteroatoms. The SMILES string of the molecule is O=[N+]([O-])c1ccc(N2CCC(C(F)(F)F)CC2)c(C(F)(F)F)c1. The molecule has 1 aliphatic heterocycles. The van der Waals surface area contributed by atoms with Gasteiger partial charge >= 0.3 is 12.4 Å². The van der Waals surface area contributed by atoms with Crippen molar-refractivity contribution in [2.45, 2.75) is 25.2 Å². The largest absolute Gasteiger partial charge is 0.418 e. The summed E-state index contributed by atoms with van der Waals surface area (Å²) in [4.78, 5) is 10.9. The summed E-state index contributed by atoms with van der Waals surface area (Å²) >= 11 is 0. The third kappa shape index (κ3) is 3.85. The molecule has 2 rings (SSSR count). The van der Waals surface area contributed by atoms with E-state index in [1.54, 1.807) is 0 Å². The van der Waals surface area contributed by atoms with Crippen molar-refractivity contribution in [2.75, 3.05) is 18.0 Å².